The van der Waals surface area contributed by atoms with Crippen LogP contribution in [0.15, 0.2) is 12.1 Å². The number of aromatic nitrogens is 1. The highest BCUT2D eigenvalue weighted by Crippen LogP contribution is 2.37. The van der Waals surface area contributed by atoms with Gasteiger partial charge in [-0.15, -0.1) is 0 Å². The number of benzene rings is 1. The highest BCUT2D eigenvalue weighted by atomic mass is 16.6. The minimum Gasteiger partial charge on any atom is -0.486 e. The number of hydrogen-bond donors (Lipinski definition) is 1. The number of nitrogen functional groups attached to an aromatic ring is 1. The second kappa shape index (κ2) is 4.05. The molecule has 18 heavy (non-hydrogen) atoms. The molecule has 0 atom stereocenters. The van der Waals surface area contributed by atoms with Crippen molar-refractivity contribution < 1.29 is 9.47 Å². The van der Waals surface area contributed by atoms with Crippen molar-refractivity contribution in [2.24, 2.45) is 0 Å². The van der Waals surface area contributed by atoms with Crippen molar-refractivity contribution in [1.29, 1.82) is 0 Å². The van der Waals surface area contributed by atoms with Gasteiger partial charge >= 0.3 is 0 Å². The zero-order valence-corrected chi connectivity index (χ0v) is 10.6. The normalized spacial score (nSPS) is 13.9. The Balaban J connectivity index is 2.30. The van der Waals surface area contributed by atoms with Crippen LogP contribution in [0.5, 0.6) is 11.5 Å². The molecular formula is C14H16N2O2. The van der Waals surface area contributed by atoms with Crippen LogP contribution >= 0.6 is 0 Å². The van der Waals surface area contributed by atoms with Crippen molar-refractivity contribution in [2.75, 3.05) is 18.9 Å². The molecule has 1 aliphatic rings. The number of rotatable bonds is 1. The fraction of sp³-hybridized carbons (Fsp3) is 0.357. The van der Waals surface area contributed by atoms with E-state index >= 15 is 0 Å². The van der Waals surface area contributed by atoms with Crippen LogP contribution in [0, 0.1) is 6.92 Å². The molecule has 0 radical (unpaired) electrons. The zero-order chi connectivity index (χ0) is 12.7. The maximum absolute atomic E-state index is 6.19. The van der Waals surface area contributed by atoms with Gasteiger partial charge in [-0.2, -0.15) is 0 Å². The first kappa shape index (κ1) is 11.1. The topological polar surface area (TPSA) is 57.4 Å². The molecule has 0 aliphatic carbocycles. The molecule has 1 aromatic heterocycles. The minimum absolute atomic E-state index is 0.581. The van der Waals surface area contributed by atoms with Crippen molar-refractivity contribution in [3.05, 3.63) is 23.4 Å². The summed E-state index contributed by atoms with van der Waals surface area (Å²) in [6, 6.07) is 3.84. The fourth-order valence-corrected chi connectivity index (χ4v) is 2.32. The molecule has 0 amide bonds. The molecule has 4 nitrogen and oxygen atoms in total. The molecule has 0 bridgehead atoms. The van der Waals surface area contributed by atoms with E-state index in [-0.39, 0.29) is 0 Å². The molecule has 0 saturated heterocycles. The number of nitrogens with two attached hydrogens (primary N) is 1. The maximum atomic E-state index is 6.19. The van der Waals surface area contributed by atoms with Crippen molar-refractivity contribution in [1.82, 2.24) is 4.98 Å². The molecule has 0 saturated carbocycles. The number of fused-ring (bicyclic) bond motifs is 2. The summed E-state index contributed by atoms with van der Waals surface area (Å²) in [6.07, 6.45) is 0.875. The molecule has 1 aromatic carbocycles. The molecule has 4 heteroatoms. The highest BCUT2D eigenvalue weighted by molar-refractivity contribution is 5.94. The summed E-state index contributed by atoms with van der Waals surface area (Å²) < 4.78 is 11.1. The zero-order valence-electron chi connectivity index (χ0n) is 10.6. The first-order valence-corrected chi connectivity index (χ1v) is 6.19. The lowest BCUT2D eigenvalue weighted by atomic mass is 10.1. The lowest BCUT2D eigenvalue weighted by molar-refractivity contribution is 0.172. The third-order valence-electron chi connectivity index (χ3n) is 3.38. The van der Waals surface area contributed by atoms with Crippen LogP contribution in [-0.2, 0) is 6.42 Å². The Bertz CT molecular complexity index is 623. The van der Waals surface area contributed by atoms with Gasteiger partial charge in [0.1, 0.15) is 13.2 Å². The second-order valence-corrected chi connectivity index (χ2v) is 4.46. The highest BCUT2D eigenvalue weighted by Gasteiger charge is 2.16. The van der Waals surface area contributed by atoms with Crippen molar-refractivity contribution in [3.63, 3.8) is 0 Å². The van der Waals surface area contributed by atoms with Crippen molar-refractivity contribution in [3.8, 4) is 11.5 Å². The van der Waals surface area contributed by atoms with Gasteiger partial charge in [0.05, 0.1) is 5.52 Å². The summed E-state index contributed by atoms with van der Waals surface area (Å²) in [4.78, 5) is 4.65. The number of nitrogens with zero attached hydrogens (tertiary/aromatic N) is 1. The molecule has 2 N–H and O–H groups in total. The van der Waals surface area contributed by atoms with E-state index in [1.165, 1.54) is 0 Å². The van der Waals surface area contributed by atoms with E-state index in [1.54, 1.807) is 0 Å². The number of pyridine rings is 1. The molecule has 3 rings (SSSR count). The van der Waals surface area contributed by atoms with Gasteiger partial charge in [-0.05, 0) is 25.0 Å². The van der Waals surface area contributed by atoms with Gasteiger partial charge in [-0.25, -0.2) is 0 Å². The first-order valence-electron chi connectivity index (χ1n) is 6.19. The van der Waals surface area contributed by atoms with E-state index in [4.69, 9.17) is 15.2 Å². The van der Waals surface area contributed by atoms with Gasteiger partial charge in [0, 0.05) is 22.8 Å². The van der Waals surface area contributed by atoms with Gasteiger partial charge in [-0.1, -0.05) is 6.92 Å². The lowest BCUT2D eigenvalue weighted by Crippen LogP contribution is -2.15. The average Bonchev–Trinajstić information content (AvgIpc) is 2.41. The summed E-state index contributed by atoms with van der Waals surface area (Å²) >= 11 is 0. The number of anilines is 1. The Morgan fingerprint density at radius 3 is 2.56 bits per heavy atom. The number of aryl methyl sites for hydroxylation is 1. The lowest BCUT2D eigenvalue weighted by Gasteiger charge is -2.19. The third kappa shape index (κ3) is 1.56. The van der Waals surface area contributed by atoms with E-state index in [9.17, 15) is 0 Å². The van der Waals surface area contributed by atoms with Gasteiger partial charge < -0.3 is 15.2 Å². The van der Waals surface area contributed by atoms with E-state index in [0.717, 1.165) is 45.8 Å². The molecular weight excluding hydrogens is 228 g/mol. The number of ether oxygens (including phenoxy) is 2. The maximum Gasteiger partial charge on any atom is 0.163 e. The van der Waals surface area contributed by atoms with E-state index < -0.39 is 0 Å². The summed E-state index contributed by atoms with van der Waals surface area (Å²) in [7, 11) is 0. The summed E-state index contributed by atoms with van der Waals surface area (Å²) in [5, 5.41) is 0.939. The Morgan fingerprint density at radius 1 is 1.22 bits per heavy atom. The Morgan fingerprint density at radius 2 is 1.89 bits per heavy atom. The van der Waals surface area contributed by atoms with Crippen LogP contribution in [-0.4, -0.2) is 18.2 Å². The van der Waals surface area contributed by atoms with E-state index in [0.29, 0.717) is 13.2 Å². The third-order valence-corrected chi connectivity index (χ3v) is 3.38. The largest absolute Gasteiger partial charge is 0.486 e. The first-order chi connectivity index (χ1) is 8.70. The van der Waals surface area contributed by atoms with Gasteiger partial charge in [-0.3, -0.25) is 4.98 Å². The van der Waals surface area contributed by atoms with Crippen LogP contribution in [0.1, 0.15) is 18.2 Å². The molecule has 0 fully saturated rings. The summed E-state index contributed by atoms with van der Waals surface area (Å²) in [6.45, 7) is 5.26. The van der Waals surface area contributed by atoms with Crippen molar-refractivity contribution >= 4 is 16.6 Å². The monoisotopic (exact) mass is 244 g/mol. The molecule has 2 heterocycles. The molecule has 0 unspecified atom stereocenters. The van der Waals surface area contributed by atoms with Gasteiger partial charge in [0.15, 0.2) is 11.5 Å². The van der Waals surface area contributed by atoms with Crippen LogP contribution in [0.3, 0.4) is 0 Å². The minimum atomic E-state index is 0.581. The Hall–Kier alpha value is -1.97. The predicted molar refractivity (Wildman–Crippen MR) is 71.3 cm³/mol. The molecule has 0 spiro atoms. The average molecular weight is 244 g/mol. The molecule has 1 aliphatic heterocycles. The predicted octanol–water partition coefficient (Wildman–Crippen LogP) is 2.46. The standard InChI is InChI=1S/C14H16N2O2/c1-3-10-8(2)14(15)9-6-12-13(7-11(9)16-10)18-5-4-17-12/h6-7H,3-5H2,1-2H3,(H2,15,16). The van der Waals surface area contributed by atoms with Crippen molar-refractivity contribution in [2.45, 2.75) is 20.3 Å². The van der Waals surface area contributed by atoms with Crippen LogP contribution in [0.2, 0.25) is 0 Å². The molecule has 2 aromatic rings. The summed E-state index contributed by atoms with van der Waals surface area (Å²) in [5.41, 5.74) is 9.95. The van der Waals surface area contributed by atoms with Crippen LogP contribution in [0.25, 0.3) is 10.9 Å². The van der Waals surface area contributed by atoms with Gasteiger partial charge in [0.2, 0.25) is 0 Å². The summed E-state index contributed by atoms with van der Waals surface area (Å²) in [5.74, 6) is 1.51. The van der Waals surface area contributed by atoms with Crippen LogP contribution < -0.4 is 15.2 Å². The quantitative estimate of drug-likeness (QED) is 0.837. The second-order valence-electron chi connectivity index (χ2n) is 4.46. The number of hydrogen-bond acceptors (Lipinski definition) is 4. The SMILES string of the molecule is CCc1nc2cc3c(cc2c(N)c1C)OCCO3. The Kier molecular flexibility index (Phi) is 2.51. The molecule has 94 valence electrons. The van der Waals surface area contributed by atoms with Gasteiger partial charge in [0.25, 0.3) is 0 Å². The fourth-order valence-electron chi connectivity index (χ4n) is 2.32. The van der Waals surface area contributed by atoms with E-state index in [1.807, 2.05) is 19.1 Å². The van der Waals surface area contributed by atoms with E-state index in [2.05, 4.69) is 11.9 Å². The smallest absolute Gasteiger partial charge is 0.163 e. The van der Waals surface area contributed by atoms with Crippen LogP contribution in [0.4, 0.5) is 5.69 Å². The Labute approximate surface area is 106 Å².